The van der Waals surface area contributed by atoms with Crippen molar-refractivity contribution in [1.82, 2.24) is 0 Å². The molecule has 1 aromatic rings. The zero-order chi connectivity index (χ0) is 9.97. The van der Waals surface area contributed by atoms with Gasteiger partial charge in [-0.2, -0.15) is 0 Å². The van der Waals surface area contributed by atoms with E-state index in [2.05, 4.69) is 15.9 Å². The predicted molar refractivity (Wildman–Crippen MR) is 62.6 cm³/mol. The second-order valence-electron chi connectivity index (χ2n) is 3.48. The lowest BCUT2D eigenvalue weighted by Crippen LogP contribution is -2.02. The molecule has 0 atom stereocenters. The molecule has 0 N–H and O–H groups in total. The third-order valence-corrected chi connectivity index (χ3v) is 3.79. The molecule has 14 heavy (non-hydrogen) atoms. The maximum atomic E-state index is 11.4. The van der Waals surface area contributed by atoms with Crippen LogP contribution in [0, 0.1) is 5.92 Å². The van der Waals surface area contributed by atoms with Crippen molar-refractivity contribution in [2.75, 3.05) is 5.75 Å². The number of carbonyl (C=O) groups excluding carboxylic acids is 1. The quantitative estimate of drug-likeness (QED) is 0.779. The zero-order valence-electron chi connectivity index (χ0n) is 7.70. The zero-order valence-corrected chi connectivity index (χ0v) is 10.1. The number of rotatable bonds is 4. The average Bonchev–Trinajstić information content (AvgIpc) is 3.00. The number of ketones is 1. The SMILES string of the molecule is O=C(CSc1ccc(Br)cc1)C1CC1. The number of Topliss-reactive ketones (excluding diaryl/α,β-unsaturated/α-hetero) is 1. The van der Waals surface area contributed by atoms with Gasteiger partial charge < -0.3 is 0 Å². The van der Waals surface area contributed by atoms with Gasteiger partial charge in [-0.25, -0.2) is 0 Å². The number of halogens is 1. The summed E-state index contributed by atoms with van der Waals surface area (Å²) >= 11 is 5.02. The summed E-state index contributed by atoms with van der Waals surface area (Å²) in [5.41, 5.74) is 0. The molecule has 0 aromatic heterocycles. The lowest BCUT2D eigenvalue weighted by atomic mass is 10.3. The van der Waals surface area contributed by atoms with Crippen molar-refractivity contribution < 1.29 is 4.79 Å². The van der Waals surface area contributed by atoms with E-state index in [0.717, 1.165) is 17.3 Å². The lowest BCUT2D eigenvalue weighted by Gasteiger charge is -2.00. The van der Waals surface area contributed by atoms with E-state index in [-0.39, 0.29) is 0 Å². The summed E-state index contributed by atoms with van der Waals surface area (Å²) in [4.78, 5) is 12.6. The summed E-state index contributed by atoms with van der Waals surface area (Å²) in [5, 5.41) is 0. The molecule has 0 saturated heterocycles. The highest BCUT2D eigenvalue weighted by molar-refractivity contribution is 9.10. The van der Waals surface area contributed by atoms with Crippen LogP contribution in [0.5, 0.6) is 0 Å². The van der Waals surface area contributed by atoms with E-state index in [9.17, 15) is 4.79 Å². The first-order chi connectivity index (χ1) is 6.75. The fourth-order valence-electron chi connectivity index (χ4n) is 1.21. The summed E-state index contributed by atoms with van der Waals surface area (Å²) in [7, 11) is 0. The minimum Gasteiger partial charge on any atom is -0.298 e. The Morgan fingerprint density at radius 3 is 2.57 bits per heavy atom. The summed E-state index contributed by atoms with van der Waals surface area (Å²) in [6.45, 7) is 0. The van der Waals surface area contributed by atoms with Crippen LogP contribution in [-0.4, -0.2) is 11.5 Å². The van der Waals surface area contributed by atoms with Crippen LogP contribution in [0.4, 0.5) is 0 Å². The molecule has 1 saturated carbocycles. The van der Waals surface area contributed by atoms with Crippen LogP contribution >= 0.6 is 27.7 Å². The highest BCUT2D eigenvalue weighted by Gasteiger charge is 2.28. The Kier molecular flexibility index (Phi) is 3.29. The van der Waals surface area contributed by atoms with E-state index in [0.29, 0.717) is 17.5 Å². The largest absolute Gasteiger partial charge is 0.298 e. The molecule has 0 radical (unpaired) electrons. The smallest absolute Gasteiger partial charge is 0.146 e. The minimum absolute atomic E-state index is 0.387. The van der Waals surface area contributed by atoms with Gasteiger partial charge in [-0.05, 0) is 37.1 Å². The van der Waals surface area contributed by atoms with Crippen LogP contribution in [0.15, 0.2) is 33.6 Å². The molecule has 1 nitrogen and oxygen atoms in total. The summed E-state index contributed by atoms with van der Waals surface area (Å²) in [6, 6.07) is 8.08. The molecule has 0 amide bonds. The van der Waals surface area contributed by atoms with Crippen LogP contribution in [0.2, 0.25) is 0 Å². The average molecular weight is 271 g/mol. The monoisotopic (exact) mass is 270 g/mol. The Bertz CT molecular complexity index is 330. The molecule has 1 aliphatic rings. The molecule has 0 aliphatic heterocycles. The van der Waals surface area contributed by atoms with Crippen molar-refractivity contribution in [3.63, 3.8) is 0 Å². The first-order valence-corrected chi connectivity index (χ1v) is 6.44. The Hall–Kier alpha value is -0.280. The molecule has 1 fully saturated rings. The number of carbonyl (C=O) groups is 1. The van der Waals surface area contributed by atoms with E-state index in [1.807, 2.05) is 24.3 Å². The molecule has 3 heteroatoms. The Morgan fingerprint density at radius 1 is 1.36 bits per heavy atom. The van der Waals surface area contributed by atoms with Crippen molar-refractivity contribution in [2.45, 2.75) is 17.7 Å². The van der Waals surface area contributed by atoms with Gasteiger partial charge in [-0.1, -0.05) is 15.9 Å². The van der Waals surface area contributed by atoms with Crippen LogP contribution in [-0.2, 0) is 4.79 Å². The fourth-order valence-corrected chi connectivity index (χ4v) is 2.35. The fraction of sp³-hybridized carbons (Fsp3) is 0.364. The van der Waals surface area contributed by atoms with E-state index in [1.165, 1.54) is 4.90 Å². The predicted octanol–water partition coefficient (Wildman–Crippen LogP) is 3.52. The van der Waals surface area contributed by atoms with E-state index < -0.39 is 0 Å². The van der Waals surface area contributed by atoms with Crippen molar-refractivity contribution in [3.05, 3.63) is 28.7 Å². The Labute approximate surface area is 96.4 Å². The molecule has 0 heterocycles. The van der Waals surface area contributed by atoms with Crippen LogP contribution in [0.25, 0.3) is 0 Å². The van der Waals surface area contributed by atoms with Crippen LogP contribution in [0.1, 0.15) is 12.8 Å². The number of hydrogen-bond donors (Lipinski definition) is 0. The summed E-state index contributed by atoms with van der Waals surface area (Å²) in [5.74, 6) is 1.43. The van der Waals surface area contributed by atoms with Gasteiger partial charge in [-0.3, -0.25) is 4.79 Å². The van der Waals surface area contributed by atoms with Crippen molar-refractivity contribution in [2.24, 2.45) is 5.92 Å². The van der Waals surface area contributed by atoms with Gasteiger partial charge in [0.15, 0.2) is 0 Å². The van der Waals surface area contributed by atoms with E-state index in [4.69, 9.17) is 0 Å². The van der Waals surface area contributed by atoms with E-state index in [1.54, 1.807) is 11.8 Å². The van der Waals surface area contributed by atoms with Crippen LogP contribution < -0.4 is 0 Å². The Balaban J connectivity index is 1.85. The molecular weight excluding hydrogens is 260 g/mol. The molecule has 0 bridgehead atoms. The second kappa shape index (κ2) is 4.49. The number of hydrogen-bond acceptors (Lipinski definition) is 2. The third kappa shape index (κ3) is 2.85. The van der Waals surface area contributed by atoms with Crippen molar-refractivity contribution >= 4 is 33.5 Å². The van der Waals surface area contributed by atoms with E-state index >= 15 is 0 Å². The van der Waals surface area contributed by atoms with Gasteiger partial charge in [0.2, 0.25) is 0 Å². The second-order valence-corrected chi connectivity index (χ2v) is 5.45. The Morgan fingerprint density at radius 2 is 2.00 bits per heavy atom. The topological polar surface area (TPSA) is 17.1 Å². The molecule has 74 valence electrons. The first-order valence-electron chi connectivity index (χ1n) is 4.67. The number of benzene rings is 1. The highest BCUT2D eigenvalue weighted by atomic mass is 79.9. The maximum Gasteiger partial charge on any atom is 0.146 e. The molecule has 0 spiro atoms. The molecule has 2 rings (SSSR count). The standard InChI is InChI=1S/C11H11BrOS/c12-9-3-5-10(6-4-9)14-7-11(13)8-1-2-8/h3-6,8H,1-2,7H2. The molecule has 0 unspecified atom stereocenters. The van der Waals surface area contributed by atoms with Gasteiger partial charge >= 0.3 is 0 Å². The van der Waals surface area contributed by atoms with Gasteiger partial charge in [0.25, 0.3) is 0 Å². The van der Waals surface area contributed by atoms with Crippen molar-refractivity contribution in [3.8, 4) is 0 Å². The molecule has 1 aromatic carbocycles. The third-order valence-electron chi connectivity index (χ3n) is 2.23. The number of thioether (sulfide) groups is 1. The van der Waals surface area contributed by atoms with Gasteiger partial charge in [0, 0.05) is 15.3 Å². The maximum absolute atomic E-state index is 11.4. The lowest BCUT2D eigenvalue weighted by molar-refractivity contribution is -0.117. The normalized spacial score (nSPS) is 15.5. The van der Waals surface area contributed by atoms with Crippen LogP contribution in [0.3, 0.4) is 0 Å². The summed E-state index contributed by atoms with van der Waals surface area (Å²) in [6.07, 6.45) is 2.22. The minimum atomic E-state index is 0.387. The summed E-state index contributed by atoms with van der Waals surface area (Å²) < 4.78 is 1.08. The van der Waals surface area contributed by atoms with Gasteiger partial charge in [0.05, 0.1) is 5.75 Å². The van der Waals surface area contributed by atoms with Gasteiger partial charge in [-0.15, -0.1) is 11.8 Å². The van der Waals surface area contributed by atoms with Crippen molar-refractivity contribution in [1.29, 1.82) is 0 Å². The molecular formula is C11H11BrOS. The first kappa shape index (κ1) is 10.2. The molecule has 1 aliphatic carbocycles. The van der Waals surface area contributed by atoms with Gasteiger partial charge in [0.1, 0.15) is 5.78 Å². The highest BCUT2D eigenvalue weighted by Crippen LogP contribution is 2.32.